The summed E-state index contributed by atoms with van der Waals surface area (Å²) in [6.07, 6.45) is 3.21. The first kappa shape index (κ1) is 8.75. The Bertz CT molecular complexity index is 361. The van der Waals surface area contributed by atoms with Gasteiger partial charge in [0.25, 0.3) is 0 Å². The Morgan fingerprint density at radius 3 is 2.92 bits per heavy atom. The molecule has 0 aliphatic rings. The molecule has 0 amide bonds. The Morgan fingerprint density at radius 2 is 2.15 bits per heavy atom. The van der Waals surface area contributed by atoms with Gasteiger partial charge in [-0.2, -0.15) is 5.10 Å². The molecule has 0 saturated carbocycles. The van der Waals surface area contributed by atoms with Gasteiger partial charge in [0.2, 0.25) is 0 Å². The van der Waals surface area contributed by atoms with Crippen LogP contribution in [0.25, 0.3) is 10.9 Å². The van der Waals surface area contributed by atoms with E-state index in [0.717, 1.165) is 23.8 Å². The lowest BCUT2D eigenvalue weighted by Crippen LogP contribution is -1.98. The van der Waals surface area contributed by atoms with Crippen molar-refractivity contribution in [1.29, 1.82) is 0 Å². The van der Waals surface area contributed by atoms with E-state index in [1.807, 2.05) is 22.9 Å². The molecule has 1 heterocycles. The number of hydrogen-bond donors (Lipinski definition) is 0. The highest BCUT2D eigenvalue weighted by molar-refractivity contribution is 9.09. The topological polar surface area (TPSA) is 17.8 Å². The molecule has 0 atom stereocenters. The third-order valence-electron chi connectivity index (χ3n) is 1.98. The minimum Gasteiger partial charge on any atom is -0.272 e. The molecule has 0 fully saturated rings. The van der Waals surface area contributed by atoms with Crippen molar-refractivity contribution in [1.82, 2.24) is 9.78 Å². The molecule has 13 heavy (non-hydrogen) atoms. The molecule has 3 heteroatoms. The van der Waals surface area contributed by atoms with Crippen LogP contribution in [0, 0.1) is 0 Å². The second-order valence-electron chi connectivity index (χ2n) is 2.99. The molecule has 2 rings (SSSR count). The van der Waals surface area contributed by atoms with Crippen molar-refractivity contribution in [3.8, 4) is 0 Å². The average molecular weight is 239 g/mol. The number of aryl methyl sites for hydroxylation is 1. The summed E-state index contributed by atoms with van der Waals surface area (Å²) in [6.45, 7) is 0.986. The van der Waals surface area contributed by atoms with E-state index in [0.29, 0.717) is 0 Å². The number of rotatable bonds is 3. The van der Waals surface area contributed by atoms with Crippen LogP contribution in [0.1, 0.15) is 6.42 Å². The smallest absolute Gasteiger partial charge is 0.0923 e. The SMILES string of the molecule is BrCCCn1cc2ccccc2n1. The normalized spacial score (nSPS) is 10.8. The highest BCUT2D eigenvalue weighted by Gasteiger charge is 1.97. The predicted octanol–water partition coefficient (Wildman–Crippen LogP) is 2.82. The zero-order valence-electron chi connectivity index (χ0n) is 7.28. The van der Waals surface area contributed by atoms with E-state index in [9.17, 15) is 0 Å². The van der Waals surface area contributed by atoms with Crippen molar-refractivity contribution in [2.75, 3.05) is 5.33 Å². The molecule has 0 unspecified atom stereocenters. The van der Waals surface area contributed by atoms with Gasteiger partial charge in [0, 0.05) is 23.5 Å². The van der Waals surface area contributed by atoms with Crippen LogP contribution in [-0.4, -0.2) is 15.1 Å². The molecule has 0 saturated heterocycles. The Kier molecular flexibility index (Phi) is 2.64. The van der Waals surface area contributed by atoms with Crippen LogP contribution >= 0.6 is 15.9 Å². The lowest BCUT2D eigenvalue weighted by Gasteiger charge is -1.95. The number of benzene rings is 1. The number of fused-ring (bicyclic) bond motifs is 1. The largest absolute Gasteiger partial charge is 0.272 e. The highest BCUT2D eigenvalue weighted by atomic mass is 79.9. The summed E-state index contributed by atoms with van der Waals surface area (Å²) in [5.41, 5.74) is 1.08. The maximum Gasteiger partial charge on any atom is 0.0923 e. The van der Waals surface area contributed by atoms with Crippen molar-refractivity contribution < 1.29 is 0 Å². The minimum atomic E-state index is 0.986. The van der Waals surface area contributed by atoms with E-state index in [-0.39, 0.29) is 0 Å². The summed E-state index contributed by atoms with van der Waals surface area (Å²) in [5.74, 6) is 0. The first-order valence-corrected chi connectivity index (χ1v) is 5.50. The number of halogens is 1. The maximum atomic E-state index is 4.45. The molecule has 0 spiro atoms. The molecular formula is C10H11BrN2. The standard InChI is InChI=1S/C10H11BrN2/c11-6-3-7-13-8-9-4-1-2-5-10(9)12-13/h1-2,4-5,8H,3,6-7H2. The molecule has 1 aromatic carbocycles. The van der Waals surface area contributed by atoms with Gasteiger partial charge >= 0.3 is 0 Å². The fourth-order valence-electron chi connectivity index (χ4n) is 1.35. The van der Waals surface area contributed by atoms with Gasteiger partial charge in [0.1, 0.15) is 0 Å². The van der Waals surface area contributed by atoms with Crippen LogP contribution in [0.4, 0.5) is 0 Å². The van der Waals surface area contributed by atoms with Gasteiger partial charge in [-0.3, -0.25) is 4.68 Å². The molecule has 0 aliphatic heterocycles. The summed E-state index contributed by atoms with van der Waals surface area (Å²) in [5, 5.41) is 6.70. The van der Waals surface area contributed by atoms with E-state index < -0.39 is 0 Å². The quantitative estimate of drug-likeness (QED) is 0.753. The van der Waals surface area contributed by atoms with E-state index in [1.165, 1.54) is 5.39 Å². The second-order valence-corrected chi connectivity index (χ2v) is 3.79. The molecule has 68 valence electrons. The Morgan fingerprint density at radius 1 is 1.31 bits per heavy atom. The van der Waals surface area contributed by atoms with Gasteiger partial charge in [0.15, 0.2) is 0 Å². The van der Waals surface area contributed by atoms with Crippen molar-refractivity contribution in [2.24, 2.45) is 0 Å². The zero-order valence-corrected chi connectivity index (χ0v) is 8.87. The molecule has 0 radical (unpaired) electrons. The summed E-state index contributed by atoms with van der Waals surface area (Å²) in [7, 11) is 0. The summed E-state index contributed by atoms with van der Waals surface area (Å²) >= 11 is 3.41. The van der Waals surface area contributed by atoms with Crippen molar-refractivity contribution in [3.05, 3.63) is 30.5 Å². The molecule has 0 N–H and O–H groups in total. The van der Waals surface area contributed by atoms with Crippen molar-refractivity contribution in [3.63, 3.8) is 0 Å². The fourth-order valence-corrected chi connectivity index (χ4v) is 1.60. The molecule has 0 bridgehead atoms. The van der Waals surface area contributed by atoms with Crippen LogP contribution in [0.3, 0.4) is 0 Å². The average Bonchev–Trinajstić information content (AvgIpc) is 2.57. The Labute approximate surface area is 85.7 Å². The third-order valence-corrected chi connectivity index (χ3v) is 2.54. The minimum absolute atomic E-state index is 0.986. The number of aromatic nitrogens is 2. The monoisotopic (exact) mass is 238 g/mol. The van der Waals surface area contributed by atoms with Crippen LogP contribution < -0.4 is 0 Å². The van der Waals surface area contributed by atoms with Gasteiger partial charge in [-0.25, -0.2) is 0 Å². The van der Waals surface area contributed by atoms with Gasteiger partial charge in [-0.15, -0.1) is 0 Å². The molecule has 1 aromatic heterocycles. The van der Waals surface area contributed by atoms with Gasteiger partial charge in [0.05, 0.1) is 5.52 Å². The summed E-state index contributed by atoms with van der Waals surface area (Å²) < 4.78 is 2.01. The summed E-state index contributed by atoms with van der Waals surface area (Å²) in [6, 6.07) is 8.19. The second kappa shape index (κ2) is 3.92. The van der Waals surface area contributed by atoms with Crippen LogP contribution in [0.15, 0.2) is 30.5 Å². The zero-order chi connectivity index (χ0) is 9.10. The first-order valence-electron chi connectivity index (χ1n) is 4.38. The molecule has 2 aromatic rings. The number of nitrogens with zero attached hydrogens (tertiary/aromatic N) is 2. The van der Waals surface area contributed by atoms with Crippen LogP contribution in [0.2, 0.25) is 0 Å². The van der Waals surface area contributed by atoms with E-state index in [4.69, 9.17) is 0 Å². The Hall–Kier alpha value is -0.830. The van der Waals surface area contributed by atoms with Crippen LogP contribution in [-0.2, 0) is 6.54 Å². The molecule has 0 aliphatic carbocycles. The number of alkyl halides is 1. The van der Waals surface area contributed by atoms with E-state index in [2.05, 4.69) is 33.3 Å². The van der Waals surface area contributed by atoms with Gasteiger partial charge in [-0.05, 0) is 12.5 Å². The predicted molar refractivity (Wildman–Crippen MR) is 58.1 cm³/mol. The maximum absolute atomic E-state index is 4.45. The van der Waals surface area contributed by atoms with E-state index in [1.54, 1.807) is 0 Å². The highest BCUT2D eigenvalue weighted by Crippen LogP contribution is 2.10. The first-order chi connectivity index (χ1) is 6.40. The third kappa shape index (κ3) is 1.91. The van der Waals surface area contributed by atoms with Crippen molar-refractivity contribution >= 4 is 26.8 Å². The van der Waals surface area contributed by atoms with Crippen LogP contribution in [0.5, 0.6) is 0 Å². The van der Waals surface area contributed by atoms with Crippen molar-refractivity contribution in [2.45, 2.75) is 13.0 Å². The van der Waals surface area contributed by atoms with Gasteiger partial charge in [-0.1, -0.05) is 34.1 Å². The fraction of sp³-hybridized carbons (Fsp3) is 0.300. The van der Waals surface area contributed by atoms with Gasteiger partial charge < -0.3 is 0 Å². The molecule has 2 nitrogen and oxygen atoms in total. The lowest BCUT2D eigenvalue weighted by molar-refractivity contribution is 0.614. The van der Waals surface area contributed by atoms with E-state index >= 15 is 0 Å². The number of hydrogen-bond acceptors (Lipinski definition) is 1. The Balaban J connectivity index is 2.28. The lowest BCUT2D eigenvalue weighted by atomic mass is 10.3. The molecular weight excluding hydrogens is 228 g/mol. The summed E-state index contributed by atoms with van der Waals surface area (Å²) in [4.78, 5) is 0.